The summed E-state index contributed by atoms with van der Waals surface area (Å²) in [5.41, 5.74) is 2.55. The second kappa shape index (κ2) is 9.67. The molecule has 1 aromatic heterocycles. The molecule has 6 rings (SSSR count). The maximum atomic E-state index is 13.5. The molecule has 2 aliphatic heterocycles. The predicted octanol–water partition coefficient (Wildman–Crippen LogP) is 6.66. The van der Waals surface area contributed by atoms with Gasteiger partial charge in [-0.05, 0) is 53.9 Å². The second-order valence-corrected chi connectivity index (χ2v) is 10.00. The molecule has 1 fully saturated rings. The quantitative estimate of drug-likeness (QED) is 0.277. The third kappa shape index (κ3) is 4.63. The maximum absolute atomic E-state index is 13.5. The molecule has 1 unspecified atom stereocenters. The van der Waals surface area contributed by atoms with Crippen molar-refractivity contribution in [2.24, 2.45) is 5.92 Å². The highest BCUT2D eigenvalue weighted by Crippen LogP contribution is 2.48. The molecule has 9 heteroatoms. The van der Waals surface area contributed by atoms with E-state index < -0.39 is 17.8 Å². The van der Waals surface area contributed by atoms with Gasteiger partial charge in [-0.3, -0.25) is 9.88 Å². The zero-order chi connectivity index (χ0) is 26.4. The summed E-state index contributed by atoms with van der Waals surface area (Å²) in [6.45, 7) is 3.34. The monoisotopic (exact) mass is 540 g/mol. The molecule has 3 aromatic carbocycles. The lowest BCUT2D eigenvalue weighted by molar-refractivity contribution is -0.137. The van der Waals surface area contributed by atoms with E-state index in [1.165, 1.54) is 6.07 Å². The molecule has 0 bridgehead atoms. The number of alkyl halides is 4. The van der Waals surface area contributed by atoms with E-state index in [2.05, 4.69) is 9.88 Å². The van der Waals surface area contributed by atoms with Gasteiger partial charge in [0.15, 0.2) is 6.10 Å². The summed E-state index contributed by atoms with van der Waals surface area (Å²) < 4.78 is 52.6. The van der Waals surface area contributed by atoms with Gasteiger partial charge in [0.05, 0.1) is 11.1 Å². The average molecular weight is 541 g/mol. The molecule has 38 heavy (non-hydrogen) atoms. The van der Waals surface area contributed by atoms with Crippen molar-refractivity contribution >= 4 is 22.5 Å². The topological polar surface area (TPSA) is 54.8 Å². The van der Waals surface area contributed by atoms with Crippen LogP contribution in [-0.4, -0.2) is 47.1 Å². The van der Waals surface area contributed by atoms with E-state index in [9.17, 15) is 18.3 Å². The summed E-state index contributed by atoms with van der Waals surface area (Å²) in [4.78, 5) is 6.76. The summed E-state index contributed by atoms with van der Waals surface area (Å²) in [5.74, 6) is 2.15. The maximum Gasteiger partial charge on any atom is 0.416 e. The Hall–Kier alpha value is -3.49. The molecule has 1 N–H and O–H groups in total. The number of halogens is 4. The summed E-state index contributed by atoms with van der Waals surface area (Å²) in [7, 11) is 0. The molecule has 196 valence electrons. The van der Waals surface area contributed by atoms with Crippen molar-refractivity contribution in [1.82, 2.24) is 9.88 Å². The van der Waals surface area contributed by atoms with E-state index in [-0.39, 0.29) is 11.5 Å². The minimum absolute atomic E-state index is 0.0753. The predicted molar refractivity (Wildman–Crippen MR) is 139 cm³/mol. The van der Waals surface area contributed by atoms with Crippen LogP contribution in [0, 0.1) is 5.92 Å². The fourth-order valence-corrected chi connectivity index (χ4v) is 5.32. The SMILES string of the molecule is Oc1ccc2c3c(cnc2c1)-c1ccc(C(F)(F)F)cc1OC3c1ccc(OCCN2CC(CCl)C2)cc1. The van der Waals surface area contributed by atoms with Crippen LogP contribution in [0.3, 0.4) is 0 Å². The third-order valence-corrected chi connectivity index (χ3v) is 7.55. The highest BCUT2D eigenvalue weighted by atomic mass is 35.5. The first-order chi connectivity index (χ1) is 18.3. The van der Waals surface area contributed by atoms with Crippen molar-refractivity contribution in [3.63, 3.8) is 0 Å². The van der Waals surface area contributed by atoms with E-state index in [1.54, 1.807) is 24.4 Å². The number of rotatable bonds is 6. The molecule has 4 aromatic rings. The van der Waals surface area contributed by atoms with Crippen molar-refractivity contribution < 1.29 is 27.8 Å². The smallest absolute Gasteiger partial charge is 0.416 e. The summed E-state index contributed by atoms with van der Waals surface area (Å²) in [6, 6.07) is 15.8. The fourth-order valence-electron chi connectivity index (χ4n) is 5.13. The first-order valence-corrected chi connectivity index (χ1v) is 12.8. The first-order valence-electron chi connectivity index (χ1n) is 12.3. The van der Waals surface area contributed by atoms with Crippen molar-refractivity contribution in [2.45, 2.75) is 12.3 Å². The minimum atomic E-state index is -4.49. The Kier molecular flexibility index (Phi) is 6.32. The number of hydrogen-bond acceptors (Lipinski definition) is 5. The number of fused-ring (bicyclic) bond motifs is 5. The normalized spacial score (nSPS) is 17.4. The number of aromatic nitrogens is 1. The molecule has 3 heterocycles. The van der Waals surface area contributed by atoms with Gasteiger partial charge in [0, 0.05) is 59.9 Å². The lowest BCUT2D eigenvalue weighted by Crippen LogP contribution is -2.48. The number of nitrogens with zero attached hydrogens (tertiary/aromatic N) is 2. The largest absolute Gasteiger partial charge is 0.508 e. The molecular formula is C29H24ClF3N2O3. The summed E-state index contributed by atoms with van der Waals surface area (Å²) in [5, 5.41) is 10.7. The Bertz CT molecular complexity index is 1490. The summed E-state index contributed by atoms with van der Waals surface area (Å²) >= 11 is 5.87. The average Bonchev–Trinajstić information content (AvgIpc) is 2.88. The van der Waals surface area contributed by atoms with E-state index in [4.69, 9.17) is 21.1 Å². The van der Waals surface area contributed by atoms with Crippen LogP contribution in [0.4, 0.5) is 13.2 Å². The number of benzene rings is 3. The number of hydrogen-bond donors (Lipinski definition) is 1. The Morgan fingerprint density at radius 3 is 2.55 bits per heavy atom. The summed E-state index contributed by atoms with van der Waals surface area (Å²) in [6.07, 6.45) is -3.55. The standard InChI is InChI=1S/C29H24ClF3N2O3/c30-13-17-15-35(16-17)9-10-37-21-5-1-18(2-6-21)28-27-23-8-4-20(36)12-25(23)34-14-24(27)22-7-3-19(29(31,32)33)11-26(22)38-28/h1-8,11-12,14,17,28,36H,9-10,13,15-16H2. The van der Waals surface area contributed by atoms with Crippen molar-refractivity contribution in [3.05, 3.63) is 83.6 Å². The number of aromatic hydroxyl groups is 1. The number of phenolic OH excluding ortho intramolecular Hbond substituents is 1. The van der Waals surface area contributed by atoms with Crippen LogP contribution in [0.5, 0.6) is 17.2 Å². The van der Waals surface area contributed by atoms with Crippen LogP contribution in [0.1, 0.15) is 22.8 Å². The second-order valence-electron chi connectivity index (χ2n) is 9.69. The van der Waals surface area contributed by atoms with E-state index in [0.29, 0.717) is 40.8 Å². The lowest BCUT2D eigenvalue weighted by atomic mass is 9.87. The van der Waals surface area contributed by atoms with E-state index in [0.717, 1.165) is 48.3 Å². The van der Waals surface area contributed by atoms with Crippen LogP contribution in [0.2, 0.25) is 0 Å². The zero-order valence-corrected chi connectivity index (χ0v) is 21.0. The van der Waals surface area contributed by atoms with Gasteiger partial charge in [0.2, 0.25) is 0 Å². The van der Waals surface area contributed by atoms with E-state index >= 15 is 0 Å². The van der Waals surface area contributed by atoms with Gasteiger partial charge >= 0.3 is 6.18 Å². The Morgan fingerprint density at radius 1 is 1.03 bits per heavy atom. The van der Waals surface area contributed by atoms with Gasteiger partial charge < -0.3 is 14.6 Å². The highest BCUT2D eigenvalue weighted by molar-refractivity contribution is 6.18. The van der Waals surface area contributed by atoms with Crippen molar-refractivity contribution in [3.8, 4) is 28.4 Å². The Balaban J connectivity index is 1.32. The molecular weight excluding hydrogens is 517 g/mol. The molecule has 1 saturated heterocycles. The first kappa shape index (κ1) is 24.8. The number of likely N-dealkylation sites (tertiary alicyclic amines) is 1. The molecule has 0 aliphatic carbocycles. The Morgan fingerprint density at radius 2 is 1.82 bits per heavy atom. The molecule has 0 spiro atoms. The van der Waals surface area contributed by atoms with Crippen LogP contribution in [0.25, 0.3) is 22.0 Å². The van der Waals surface area contributed by atoms with E-state index in [1.807, 2.05) is 24.3 Å². The van der Waals surface area contributed by atoms with Gasteiger partial charge in [0.25, 0.3) is 0 Å². The van der Waals surface area contributed by atoms with Crippen molar-refractivity contribution in [1.29, 1.82) is 0 Å². The van der Waals surface area contributed by atoms with Gasteiger partial charge in [-0.1, -0.05) is 12.1 Å². The number of ether oxygens (including phenoxy) is 2. The lowest BCUT2D eigenvalue weighted by Gasteiger charge is -2.38. The molecule has 1 atom stereocenters. The van der Waals surface area contributed by atoms with Gasteiger partial charge in [0.1, 0.15) is 23.9 Å². The highest BCUT2D eigenvalue weighted by Gasteiger charge is 2.35. The zero-order valence-electron chi connectivity index (χ0n) is 20.2. The molecule has 0 saturated carbocycles. The number of pyridine rings is 1. The molecule has 2 aliphatic rings. The Labute approximate surface area is 222 Å². The van der Waals surface area contributed by atoms with Crippen LogP contribution in [-0.2, 0) is 6.18 Å². The fraction of sp³-hybridized carbons (Fsp3) is 0.276. The minimum Gasteiger partial charge on any atom is -0.508 e. The molecule has 0 radical (unpaired) electrons. The van der Waals surface area contributed by atoms with Gasteiger partial charge in [-0.2, -0.15) is 13.2 Å². The van der Waals surface area contributed by atoms with Crippen LogP contribution >= 0.6 is 11.6 Å². The molecule has 0 amide bonds. The number of phenols is 1. The van der Waals surface area contributed by atoms with Crippen LogP contribution < -0.4 is 9.47 Å². The van der Waals surface area contributed by atoms with Gasteiger partial charge in [-0.15, -0.1) is 11.6 Å². The van der Waals surface area contributed by atoms with Crippen molar-refractivity contribution in [2.75, 3.05) is 32.1 Å². The third-order valence-electron chi connectivity index (χ3n) is 7.11. The molecule has 5 nitrogen and oxygen atoms in total. The van der Waals surface area contributed by atoms with Crippen LogP contribution in [0.15, 0.2) is 66.9 Å². The van der Waals surface area contributed by atoms with Gasteiger partial charge in [-0.25, -0.2) is 0 Å².